The van der Waals surface area contributed by atoms with Crippen molar-refractivity contribution in [1.82, 2.24) is 9.55 Å². The van der Waals surface area contributed by atoms with E-state index < -0.39 is 24.2 Å². The van der Waals surface area contributed by atoms with Crippen LogP contribution in [0, 0.1) is 5.82 Å². The Morgan fingerprint density at radius 1 is 1.22 bits per heavy atom. The minimum Gasteiger partial charge on any atom is -0.364 e. The van der Waals surface area contributed by atoms with E-state index >= 15 is 0 Å². The number of aromatic nitrogens is 2. The van der Waals surface area contributed by atoms with Crippen molar-refractivity contribution in [2.24, 2.45) is 0 Å². The zero-order valence-electron chi connectivity index (χ0n) is 12.0. The SMILES string of the molecule is O=c1[nH]c2c(c(=O)n1CC(F)F)CC[C@H](c1ccc(F)cc1)N2. The highest BCUT2D eigenvalue weighted by Crippen LogP contribution is 2.29. The number of rotatable bonds is 3. The third-order valence-electron chi connectivity index (χ3n) is 3.88. The van der Waals surface area contributed by atoms with Crippen LogP contribution in [0.5, 0.6) is 0 Å². The van der Waals surface area contributed by atoms with Crippen LogP contribution in [0.3, 0.4) is 0 Å². The number of benzene rings is 1. The van der Waals surface area contributed by atoms with E-state index in [0.29, 0.717) is 17.4 Å². The van der Waals surface area contributed by atoms with Crippen LogP contribution in [0.4, 0.5) is 19.0 Å². The van der Waals surface area contributed by atoms with Gasteiger partial charge in [-0.05, 0) is 30.5 Å². The van der Waals surface area contributed by atoms with Crippen molar-refractivity contribution in [3.05, 3.63) is 62.0 Å². The second kappa shape index (κ2) is 5.94. The van der Waals surface area contributed by atoms with Crippen molar-refractivity contribution < 1.29 is 13.2 Å². The number of H-pyrrole nitrogens is 1. The van der Waals surface area contributed by atoms with Crippen LogP contribution in [0.25, 0.3) is 0 Å². The number of halogens is 3. The number of nitrogens with zero attached hydrogens (tertiary/aromatic N) is 1. The Bertz CT molecular complexity index is 827. The second-order valence-corrected chi connectivity index (χ2v) is 5.38. The first-order valence-corrected chi connectivity index (χ1v) is 7.12. The largest absolute Gasteiger partial charge is 0.364 e. The highest BCUT2D eigenvalue weighted by atomic mass is 19.3. The molecule has 2 heterocycles. The molecule has 0 unspecified atom stereocenters. The van der Waals surface area contributed by atoms with Crippen molar-refractivity contribution in [1.29, 1.82) is 0 Å². The molecule has 2 aromatic rings. The molecule has 0 saturated heterocycles. The van der Waals surface area contributed by atoms with Gasteiger partial charge in [0.05, 0.1) is 18.2 Å². The zero-order chi connectivity index (χ0) is 16.6. The minimum atomic E-state index is -2.78. The van der Waals surface area contributed by atoms with Gasteiger partial charge in [0.2, 0.25) is 0 Å². The molecule has 122 valence electrons. The molecule has 0 amide bonds. The van der Waals surface area contributed by atoms with Gasteiger partial charge in [0.25, 0.3) is 12.0 Å². The minimum absolute atomic E-state index is 0.191. The van der Waals surface area contributed by atoms with Gasteiger partial charge in [-0.15, -0.1) is 0 Å². The maximum atomic E-state index is 13.0. The molecule has 1 aromatic carbocycles. The van der Waals surface area contributed by atoms with Crippen LogP contribution in [0.15, 0.2) is 33.9 Å². The summed E-state index contributed by atoms with van der Waals surface area (Å²) in [4.78, 5) is 26.4. The summed E-state index contributed by atoms with van der Waals surface area (Å²) in [7, 11) is 0. The standard InChI is InChI=1S/C15H14F3N3O2/c16-9-3-1-8(2-4-9)11-6-5-10-13(19-11)20-15(23)21(14(10)22)7-12(17)18/h1-4,11-12,19H,5-7H2,(H,20,23)/t11-/m1/s1. The van der Waals surface area contributed by atoms with Gasteiger partial charge in [0.1, 0.15) is 11.6 Å². The fraction of sp³-hybridized carbons (Fsp3) is 0.333. The molecule has 23 heavy (non-hydrogen) atoms. The summed E-state index contributed by atoms with van der Waals surface area (Å²) in [6, 6.07) is 5.71. The van der Waals surface area contributed by atoms with Crippen molar-refractivity contribution >= 4 is 5.82 Å². The number of anilines is 1. The van der Waals surface area contributed by atoms with Crippen LogP contribution >= 0.6 is 0 Å². The lowest BCUT2D eigenvalue weighted by molar-refractivity contribution is 0.123. The van der Waals surface area contributed by atoms with Gasteiger partial charge in [0, 0.05) is 0 Å². The molecule has 1 aliphatic heterocycles. The predicted molar refractivity (Wildman–Crippen MR) is 78.4 cm³/mol. The van der Waals surface area contributed by atoms with E-state index in [0.717, 1.165) is 5.56 Å². The Morgan fingerprint density at radius 2 is 1.91 bits per heavy atom. The summed E-state index contributed by atoms with van der Waals surface area (Å²) in [6.07, 6.45) is -1.91. The summed E-state index contributed by atoms with van der Waals surface area (Å²) in [6.45, 7) is -0.928. The summed E-state index contributed by atoms with van der Waals surface area (Å²) in [5.41, 5.74) is -0.478. The Morgan fingerprint density at radius 3 is 2.57 bits per heavy atom. The highest BCUT2D eigenvalue weighted by molar-refractivity contribution is 5.47. The van der Waals surface area contributed by atoms with Gasteiger partial charge in [-0.1, -0.05) is 12.1 Å². The Kier molecular flexibility index (Phi) is 3.97. The first kappa shape index (κ1) is 15.4. The fourth-order valence-corrected chi connectivity index (χ4v) is 2.75. The topological polar surface area (TPSA) is 66.9 Å². The van der Waals surface area contributed by atoms with E-state index in [2.05, 4.69) is 10.3 Å². The lowest BCUT2D eigenvalue weighted by atomic mass is 9.96. The number of fused-ring (bicyclic) bond motifs is 1. The molecule has 2 N–H and O–H groups in total. The van der Waals surface area contributed by atoms with E-state index in [9.17, 15) is 22.8 Å². The van der Waals surface area contributed by atoms with Crippen LogP contribution < -0.4 is 16.6 Å². The van der Waals surface area contributed by atoms with Gasteiger partial charge in [-0.2, -0.15) is 0 Å². The average Bonchev–Trinajstić information content (AvgIpc) is 2.51. The van der Waals surface area contributed by atoms with Gasteiger partial charge in [-0.25, -0.2) is 18.0 Å². The Hall–Kier alpha value is -2.51. The maximum absolute atomic E-state index is 13.0. The molecule has 3 rings (SSSR count). The van der Waals surface area contributed by atoms with E-state index in [1.54, 1.807) is 12.1 Å². The lowest BCUT2D eigenvalue weighted by Gasteiger charge is -2.26. The quantitative estimate of drug-likeness (QED) is 0.907. The van der Waals surface area contributed by atoms with Crippen molar-refractivity contribution in [3.63, 3.8) is 0 Å². The molecule has 1 aliphatic rings. The molecular weight excluding hydrogens is 311 g/mol. The van der Waals surface area contributed by atoms with Gasteiger partial charge in [0.15, 0.2) is 0 Å². The van der Waals surface area contributed by atoms with Crippen molar-refractivity contribution in [2.75, 3.05) is 5.32 Å². The van der Waals surface area contributed by atoms with Crippen LogP contribution in [0.2, 0.25) is 0 Å². The second-order valence-electron chi connectivity index (χ2n) is 5.38. The van der Waals surface area contributed by atoms with Gasteiger partial charge in [-0.3, -0.25) is 14.3 Å². The average molecular weight is 325 g/mol. The molecule has 1 aromatic heterocycles. The van der Waals surface area contributed by atoms with Crippen molar-refractivity contribution in [2.45, 2.75) is 31.9 Å². The van der Waals surface area contributed by atoms with E-state index in [1.807, 2.05) is 0 Å². The Balaban J connectivity index is 1.94. The first-order valence-electron chi connectivity index (χ1n) is 7.12. The Labute approximate surface area is 128 Å². The number of alkyl halides is 2. The number of aromatic amines is 1. The molecule has 0 spiro atoms. The number of hydrogen-bond donors (Lipinski definition) is 2. The summed E-state index contributed by atoms with van der Waals surface area (Å²) in [5.74, 6) is -0.112. The normalized spacial score (nSPS) is 17.0. The third kappa shape index (κ3) is 3.01. The van der Waals surface area contributed by atoms with E-state index in [1.165, 1.54) is 12.1 Å². The van der Waals surface area contributed by atoms with Gasteiger partial charge >= 0.3 is 5.69 Å². The van der Waals surface area contributed by atoms with Crippen LogP contribution in [-0.2, 0) is 13.0 Å². The zero-order valence-corrected chi connectivity index (χ0v) is 12.0. The predicted octanol–water partition coefficient (Wildman–Crippen LogP) is 2.04. The molecule has 8 heteroatoms. The third-order valence-corrected chi connectivity index (χ3v) is 3.88. The van der Waals surface area contributed by atoms with Crippen LogP contribution in [0.1, 0.15) is 23.6 Å². The monoisotopic (exact) mass is 325 g/mol. The molecule has 0 radical (unpaired) electrons. The molecule has 0 fully saturated rings. The molecule has 0 saturated carbocycles. The van der Waals surface area contributed by atoms with Crippen molar-refractivity contribution in [3.8, 4) is 0 Å². The van der Waals surface area contributed by atoms with Crippen LogP contribution in [-0.4, -0.2) is 16.0 Å². The maximum Gasteiger partial charge on any atom is 0.330 e. The molecule has 1 atom stereocenters. The summed E-state index contributed by atoms with van der Waals surface area (Å²) in [5, 5.41) is 3.02. The van der Waals surface area contributed by atoms with E-state index in [-0.39, 0.29) is 23.2 Å². The molecule has 0 aliphatic carbocycles. The fourth-order valence-electron chi connectivity index (χ4n) is 2.75. The summed E-state index contributed by atoms with van der Waals surface area (Å²) < 4.78 is 38.4. The highest BCUT2D eigenvalue weighted by Gasteiger charge is 2.24. The van der Waals surface area contributed by atoms with E-state index in [4.69, 9.17) is 0 Å². The number of nitrogens with one attached hydrogen (secondary N) is 2. The smallest absolute Gasteiger partial charge is 0.330 e. The molecular formula is C15H14F3N3O2. The first-order chi connectivity index (χ1) is 11.0. The molecule has 5 nitrogen and oxygen atoms in total. The number of hydrogen-bond acceptors (Lipinski definition) is 3. The molecule has 0 bridgehead atoms. The van der Waals surface area contributed by atoms with Gasteiger partial charge < -0.3 is 5.32 Å². The summed E-state index contributed by atoms with van der Waals surface area (Å²) >= 11 is 0. The lowest BCUT2D eigenvalue weighted by Crippen LogP contribution is -2.41.